The van der Waals surface area contributed by atoms with Crippen LogP contribution in [0.1, 0.15) is 5.56 Å². The van der Waals surface area contributed by atoms with E-state index < -0.39 is 8.07 Å². The topological polar surface area (TPSA) is 17.1 Å². The lowest BCUT2D eigenvalue weighted by Gasteiger charge is -2.18. The van der Waals surface area contributed by atoms with Gasteiger partial charge in [-0.05, 0) is 11.3 Å². The summed E-state index contributed by atoms with van der Waals surface area (Å²) in [7, 11) is -1.48. The molecule has 0 atom stereocenters. The summed E-state index contributed by atoms with van der Waals surface area (Å²) in [6.45, 7) is 6.54. The van der Waals surface area contributed by atoms with E-state index in [0.717, 1.165) is 5.19 Å². The molecule has 0 aromatic heterocycles. The van der Waals surface area contributed by atoms with Crippen molar-refractivity contribution in [2.45, 2.75) is 19.6 Å². The normalized spacial score (nSPS) is 11.4. The molecule has 1 radical (unpaired) electrons. The van der Waals surface area contributed by atoms with Crippen LogP contribution in [0.15, 0.2) is 18.2 Å². The minimum atomic E-state index is -1.48. The average Bonchev–Trinajstić information content (AvgIpc) is 2.02. The van der Waals surface area contributed by atoms with Gasteiger partial charge in [-0.2, -0.15) is 0 Å². The van der Waals surface area contributed by atoms with Crippen LogP contribution in [0.25, 0.3) is 0 Å². The molecular formula is C10H12ClOSi. The second-order valence-electron chi connectivity index (χ2n) is 4.01. The molecule has 0 bridgehead atoms. The summed E-state index contributed by atoms with van der Waals surface area (Å²) in [5.74, 6) is 0. The summed E-state index contributed by atoms with van der Waals surface area (Å²) in [4.78, 5) is 10.7. The van der Waals surface area contributed by atoms with Crippen molar-refractivity contribution in [3.63, 3.8) is 0 Å². The molecular weight excluding hydrogens is 200 g/mol. The van der Waals surface area contributed by atoms with Crippen molar-refractivity contribution < 1.29 is 4.79 Å². The van der Waals surface area contributed by atoms with Gasteiger partial charge in [0.15, 0.2) is 0 Å². The summed E-state index contributed by atoms with van der Waals surface area (Å²) in [5, 5.41) is 1.59. The maximum atomic E-state index is 10.7. The molecule has 3 heteroatoms. The molecule has 1 nitrogen and oxygen atoms in total. The zero-order valence-corrected chi connectivity index (χ0v) is 9.77. The van der Waals surface area contributed by atoms with Gasteiger partial charge in [-0.25, -0.2) is 0 Å². The summed E-state index contributed by atoms with van der Waals surface area (Å²) in [6, 6.07) is 5.58. The molecule has 0 heterocycles. The minimum Gasteiger partial charge on any atom is -0.285 e. The van der Waals surface area contributed by atoms with Gasteiger partial charge in [0.25, 0.3) is 0 Å². The van der Waals surface area contributed by atoms with Crippen LogP contribution in [-0.2, 0) is 4.79 Å². The molecule has 0 aliphatic heterocycles. The van der Waals surface area contributed by atoms with Crippen LogP contribution in [0.5, 0.6) is 0 Å². The number of halogens is 1. The molecule has 0 N–H and O–H groups in total. The van der Waals surface area contributed by atoms with Gasteiger partial charge in [-0.3, -0.25) is 4.79 Å². The Kier molecular flexibility index (Phi) is 2.93. The largest absolute Gasteiger partial charge is 0.285 e. The van der Waals surface area contributed by atoms with Crippen molar-refractivity contribution in [3.8, 4) is 0 Å². The number of carbonyl (C=O) groups excluding carboxylic acids is 1. The molecule has 13 heavy (non-hydrogen) atoms. The summed E-state index contributed by atoms with van der Waals surface area (Å²) < 4.78 is 0. The molecule has 1 aromatic carbocycles. The van der Waals surface area contributed by atoms with Gasteiger partial charge in [-0.1, -0.05) is 43.4 Å². The lowest BCUT2D eigenvalue weighted by Crippen LogP contribution is -2.40. The van der Waals surface area contributed by atoms with Gasteiger partial charge in [0.1, 0.15) is 0 Å². The van der Waals surface area contributed by atoms with Crippen LogP contribution < -0.4 is 5.19 Å². The second kappa shape index (κ2) is 3.64. The van der Waals surface area contributed by atoms with Crippen molar-refractivity contribution in [3.05, 3.63) is 28.8 Å². The zero-order chi connectivity index (χ0) is 10.1. The SMILES string of the molecule is C[Si](C)(C)c1cccc(Cl)c1[C]=O. The van der Waals surface area contributed by atoms with Gasteiger partial charge < -0.3 is 0 Å². The fourth-order valence-corrected chi connectivity index (χ4v) is 3.08. The number of benzene rings is 1. The molecule has 0 spiro atoms. The van der Waals surface area contributed by atoms with Crippen LogP contribution in [0.2, 0.25) is 24.7 Å². The molecule has 0 saturated carbocycles. The molecule has 0 unspecified atom stereocenters. The molecule has 0 aliphatic carbocycles. The predicted octanol–water partition coefficient (Wildman–Crippen LogP) is 2.34. The van der Waals surface area contributed by atoms with Crippen molar-refractivity contribution in [2.24, 2.45) is 0 Å². The van der Waals surface area contributed by atoms with Gasteiger partial charge in [0.05, 0.1) is 13.1 Å². The van der Waals surface area contributed by atoms with E-state index in [0.29, 0.717) is 10.6 Å². The van der Waals surface area contributed by atoms with E-state index in [2.05, 4.69) is 19.6 Å². The summed E-state index contributed by atoms with van der Waals surface area (Å²) in [6.07, 6.45) is 1.92. The number of hydrogen-bond donors (Lipinski definition) is 0. The zero-order valence-electron chi connectivity index (χ0n) is 8.02. The van der Waals surface area contributed by atoms with Crippen molar-refractivity contribution in [1.82, 2.24) is 0 Å². The van der Waals surface area contributed by atoms with Crippen LogP contribution in [0.4, 0.5) is 0 Å². The third kappa shape index (κ3) is 2.20. The Morgan fingerprint density at radius 2 is 1.92 bits per heavy atom. The molecule has 69 valence electrons. The third-order valence-corrected chi connectivity index (χ3v) is 4.27. The highest BCUT2D eigenvalue weighted by Gasteiger charge is 2.21. The fraction of sp³-hybridized carbons (Fsp3) is 0.300. The first-order chi connectivity index (χ1) is 5.96. The molecule has 0 fully saturated rings. The average molecular weight is 212 g/mol. The molecule has 1 rings (SSSR count). The standard InChI is InChI=1S/C10H12ClOSi/c1-13(2,3)10-6-4-5-9(11)8(10)7-12/h4-6H,1-3H3. The Hall–Kier alpha value is -0.603. The first kappa shape index (κ1) is 10.5. The van der Waals surface area contributed by atoms with Crippen LogP contribution >= 0.6 is 11.6 Å². The first-order valence-electron chi connectivity index (χ1n) is 4.14. The summed E-state index contributed by atoms with van der Waals surface area (Å²) >= 11 is 5.90. The van der Waals surface area contributed by atoms with Crippen molar-refractivity contribution in [2.75, 3.05) is 0 Å². The van der Waals surface area contributed by atoms with E-state index in [-0.39, 0.29) is 0 Å². The van der Waals surface area contributed by atoms with Crippen LogP contribution in [-0.4, -0.2) is 14.4 Å². The van der Waals surface area contributed by atoms with Gasteiger partial charge in [0.2, 0.25) is 6.29 Å². The minimum absolute atomic E-state index is 0.509. The highest BCUT2D eigenvalue weighted by molar-refractivity contribution is 6.89. The smallest absolute Gasteiger partial charge is 0.234 e. The maximum absolute atomic E-state index is 10.7. The highest BCUT2D eigenvalue weighted by Crippen LogP contribution is 2.14. The van der Waals surface area contributed by atoms with Crippen LogP contribution in [0, 0.1) is 0 Å². The Morgan fingerprint density at radius 1 is 1.31 bits per heavy atom. The van der Waals surface area contributed by atoms with Gasteiger partial charge >= 0.3 is 0 Å². The van der Waals surface area contributed by atoms with E-state index >= 15 is 0 Å². The van der Waals surface area contributed by atoms with Crippen molar-refractivity contribution in [1.29, 1.82) is 0 Å². The van der Waals surface area contributed by atoms with E-state index in [9.17, 15) is 4.79 Å². The third-order valence-electron chi connectivity index (χ3n) is 1.92. The molecule has 0 aliphatic rings. The van der Waals surface area contributed by atoms with E-state index in [4.69, 9.17) is 11.6 Å². The Morgan fingerprint density at radius 3 is 2.31 bits per heavy atom. The first-order valence-corrected chi connectivity index (χ1v) is 8.02. The molecule has 0 saturated heterocycles. The quantitative estimate of drug-likeness (QED) is 0.687. The number of rotatable bonds is 2. The fourth-order valence-electron chi connectivity index (χ4n) is 1.25. The Labute approximate surface area is 84.7 Å². The lowest BCUT2D eigenvalue weighted by atomic mass is 10.2. The lowest BCUT2D eigenvalue weighted by molar-refractivity contribution is 0.563. The van der Waals surface area contributed by atoms with Gasteiger partial charge in [0, 0.05) is 5.56 Å². The van der Waals surface area contributed by atoms with Crippen LogP contribution in [0.3, 0.4) is 0 Å². The predicted molar refractivity (Wildman–Crippen MR) is 59.2 cm³/mol. The number of hydrogen-bond acceptors (Lipinski definition) is 1. The van der Waals surface area contributed by atoms with E-state index in [1.807, 2.05) is 18.4 Å². The monoisotopic (exact) mass is 211 g/mol. The second-order valence-corrected chi connectivity index (χ2v) is 9.46. The highest BCUT2D eigenvalue weighted by atomic mass is 35.5. The van der Waals surface area contributed by atoms with E-state index in [1.165, 1.54) is 0 Å². The molecule has 0 amide bonds. The van der Waals surface area contributed by atoms with Gasteiger partial charge in [-0.15, -0.1) is 0 Å². The van der Waals surface area contributed by atoms with E-state index in [1.54, 1.807) is 6.07 Å². The molecule has 1 aromatic rings. The van der Waals surface area contributed by atoms with Crippen molar-refractivity contribution >= 4 is 31.1 Å². The maximum Gasteiger partial charge on any atom is 0.234 e. The Bertz CT molecular complexity index is 328. The Balaban J connectivity index is 3.37. The summed E-state index contributed by atoms with van der Waals surface area (Å²) in [5.41, 5.74) is 0.545.